The predicted octanol–water partition coefficient (Wildman–Crippen LogP) is 1.74. The second-order valence-corrected chi connectivity index (χ2v) is 2.52. The van der Waals surface area contributed by atoms with Gasteiger partial charge < -0.3 is 4.74 Å². The van der Waals surface area contributed by atoms with Crippen LogP contribution >= 0.6 is 0 Å². The first-order valence-electron chi connectivity index (χ1n) is 3.49. The molecule has 0 spiro atoms. The van der Waals surface area contributed by atoms with Crippen molar-refractivity contribution in [1.29, 1.82) is 5.26 Å². The molecule has 1 radical (unpaired) electrons. The molecule has 0 aliphatic rings. The van der Waals surface area contributed by atoms with Gasteiger partial charge in [0, 0.05) is 5.69 Å². The number of aryl methyl sites for hydroxylation is 2. The summed E-state index contributed by atoms with van der Waals surface area (Å²) in [7, 11) is 3.23. The summed E-state index contributed by atoms with van der Waals surface area (Å²) in [5.74, 6) is 0.301. The van der Waals surface area contributed by atoms with Crippen molar-refractivity contribution in [2.24, 2.45) is 0 Å². The van der Waals surface area contributed by atoms with Gasteiger partial charge in [0.05, 0.1) is 0 Å². The first-order valence-corrected chi connectivity index (χ1v) is 3.49. The molecule has 3 heteroatoms. The number of aromatic nitrogens is 1. The van der Waals surface area contributed by atoms with E-state index in [1.807, 2.05) is 26.0 Å². The van der Waals surface area contributed by atoms with E-state index in [-0.39, 0.29) is 0 Å². The molecule has 0 saturated carbocycles. The molecule has 0 aromatic carbocycles. The zero-order valence-corrected chi connectivity index (χ0v) is 7.09. The zero-order valence-electron chi connectivity index (χ0n) is 7.09. The van der Waals surface area contributed by atoms with E-state index in [2.05, 4.69) is 12.1 Å². The van der Waals surface area contributed by atoms with Crippen molar-refractivity contribution in [2.45, 2.75) is 13.8 Å². The monoisotopic (exact) mass is 161 g/mol. The maximum Gasteiger partial charge on any atom is 0.232 e. The number of nitriles is 1. The quantitative estimate of drug-likeness (QED) is 0.630. The Balaban J connectivity index is 3.36. The summed E-state index contributed by atoms with van der Waals surface area (Å²) >= 11 is 0. The number of rotatable bonds is 1. The van der Waals surface area contributed by atoms with Crippen molar-refractivity contribution in [3.8, 4) is 11.9 Å². The van der Waals surface area contributed by atoms with Crippen molar-refractivity contribution in [2.75, 3.05) is 0 Å². The third kappa shape index (κ3) is 1.37. The van der Waals surface area contributed by atoms with Gasteiger partial charge in [0.1, 0.15) is 18.7 Å². The molecule has 1 rings (SSSR count). The number of pyridine rings is 1. The van der Waals surface area contributed by atoms with Gasteiger partial charge >= 0.3 is 0 Å². The van der Waals surface area contributed by atoms with E-state index in [1.54, 1.807) is 0 Å². The molecule has 0 fully saturated rings. The van der Waals surface area contributed by atoms with E-state index in [9.17, 15) is 0 Å². The van der Waals surface area contributed by atoms with Gasteiger partial charge in [0.15, 0.2) is 0 Å². The molecule has 1 heterocycles. The molecule has 3 nitrogen and oxygen atoms in total. The van der Waals surface area contributed by atoms with Crippen LogP contribution in [0.5, 0.6) is 5.88 Å². The van der Waals surface area contributed by atoms with Gasteiger partial charge in [-0.25, -0.2) is 4.98 Å². The molecule has 1 aromatic heterocycles. The minimum atomic E-state index is 0.301. The number of hydrogen-bond acceptors (Lipinski definition) is 3. The lowest BCUT2D eigenvalue weighted by Crippen LogP contribution is -1.95. The number of ether oxygens (including phenoxy) is 1. The first-order chi connectivity index (χ1) is 5.69. The van der Waals surface area contributed by atoms with Gasteiger partial charge in [0.25, 0.3) is 0 Å². The zero-order chi connectivity index (χ0) is 9.14. The van der Waals surface area contributed by atoms with Crippen LogP contribution in [-0.4, -0.2) is 4.98 Å². The molecule has 0 aliphatic heterocycles. The molecular formula is C9H9N2O. The second-order valence-electron chi connectivity index (χ2n) is 2.52. The highest BCUT2D eigenvalue weighted by atomic mass is 16.5. The van der Waals surface area contributed by atoms with Gasteiger partial charge in [0.2, 0.25) is 5.88 Å². The summed E-state index contributed by atoms with van der Waals surface area (Å²) in [6.45, 7) is 3.69. The van der Waals surface area contributed by atoms with Crippen LogP contribution in [0, 0.1) is 32.3 Å². The average Bonchev–Trinajstić information content (AvgIpc) is 2.03. The largest absolute Gasteiger partial charge is 0.473 e. The molecule has 0 saturated heterocycles. The Kier molecular flexibility index (Phi) is 2.29. The highest BCUT2D eigenvalue weighted by Crippen LogP contribution is 2.18. The van der Waals surface area contributed by atoms with Gasteiger partial charge in [-0.3, -0.25) is 0 Å². The molecule has 12 heavy (non-hydrogen) atoms. The highest BCUT2D eigenvalue weighted by Gasteiger charge is 2.07. The molecular weight excluding hydrogens is 152 g/mol. The van der Waals surface area contributed by atoms with Crippen LogP contribution in [0.1, 0.15) is 16.8 Å². The summed E-state index contributed by atoms with van der Waals surface area (Å²) in [5, 5.41) is 8.72. The van der Waals surface area contributed by atoms with Crippen LogP contribution < -0.4 is 4.74 Å². The maximum atomic E-state index is 8.72. The van der Waals surface area contributed by atoms with E-state index < -0.39 is 0 Å². The van der Waals surface area contributed by atoms with Crippen LogP contribution in [0.3, 0.4) is 0 Å². The molecule has 0 amide bonds. The summed E-state index contributed by atoms with van der Waals surface area (Å²) < 4.78 is 4.71. The molecule has 61 valence electrons. The number of hydrogen-bond donors (Lipinski definition) is 0. The lowest BCUT2D eigenvalue weighted by Gasteiger charge is -2.04. The van der Waals surface area contributed by atoms with Crippen LogP contribution in [0.15, 0.2) is 6.07 Å². The maximum absolute atomic E-state index is 8.72. The van der Waals surface area contributed by atoms with Gasteiger partial charge in [-0.2, -0.15) is 5.26 Å². The molecule has 0 unspecified atom stereocenters. The van der Waals surface area contributed by atoms with Crippen LogP contribution in [0.25, 0.3) is 0 Å². The summed E-state index contributed by atoms with van der Waals surface area (Å²) in [6, 6.07) is 3.85. The van der Waals surface area contributed by atoms with Crippen molar-refractivity contribution >= 4 is 0 Å². The average molecular weight is 161 g/mol. The molecule has 0 bridgehead atoms. The van der Waals surface area contributed by atoms with E-state index in [0.29, 0.717) is 11.4 Å². The van der Waals surface area contributed by atoms with Crippen LogP contribution in [-0.2, 0) is 0 Å². The van der Waals surface area contributed by atoms with E-state index >= 15 is 0 Å². The first kappa shape index (κ1) is 8.54. The molecule has 1 aromatic rings. The van der Waals surface area contributed by atoms with E-state index in [1.165, 1.54) is 0 Å². The van der Waals surface area contributed by atoms with Crippen molar-refractivity contribution in [1.82, 2.24) is 4.98 Å². The van der Waals surface area contributed by atoms with Gasteiger partial charge in [-0.05, 0) is 25.5 Å². The standard InChI is InChI=1S/C9H9N2O/c1-6-4-7(2)11-9(12-3)8(6)5-10/h4H,3H2,1-2H3. The second kappa shape index (κ2) is 3.22. The third-order valence-electron chi connectivity index (χ3n) is 1.56. The van der Waals surface area contributed by atoms with Crippen molar-refractivity contribution < 1.29 is 4.74 Å². The predicted molar refractivity (Wildman–Crippen MR) is 44.4 cm³/mol. The normalized spacial score (nSPS) is 9.17. The Hall–Kier alpha value is -1.56. The Morgan fingerprint density at radius 2 is 2.25 bits per heavy atom. The van der Waals surface area contributed by atoms with Crippen molar-refractivity contribution in [3.63, 3.8) is 0 Å². The SMILES string of the molecule is [CH2]Oc1nc(C)cc(C)c1C#N. The topological polar surface area (TPSA) is 45.9 Å². The minimum Gasteiger partial charge on any atom is -0.473 e. The Labute approximate surface area is 71.6 Å². The summed E-state index contributed by atoms with van der Waals surface area (Å²) in [5.41, 5.74) is 2.14. The highest BCUT2D eigenvalue weighted by molar-refractivity contribution is 5.45. The van der Waals surface area contributed by atoms with Gasteiger partial charge in [-0.15, -0.1) is 0 Å². The van der Waals surface area contributed by atoms with Crippen LogP contribution in [0.2, 0.25) is 0 Å². The minimum absolute atomic E-state index is 0.301. The smallest absolute Gasteiger partial charge is 0.232 e. The Morgan fingerprint density at radius 3 is 2.75 bits per heavy atom. The van der Waals surface area contributed by atoms with E-state index in [4.69, 9.17) is 10.00 Å². The van der Waals surface area contributed by atoms with Crippen LogP contribution in [0.4, 0.5) is 0 Å². The Morgan fingerprint density at radius 1 is 1.58 bits per heavy atom. The van der Waals surface area contributed by atoms with Gasteiger partial charge in [-0.1, -0.05) is 0 Å². The fraction of sp³-hybridized carbons (Fsp3) is 0.222. The summed E-state index contributed by atoms with van der Waals surface area (Å²) in [4.78, 5) is 4.02. The molecule has 0 N–H and O–H groups in total. The van der Waals surface area contributed by atoms with E-state index in [0.717, 1.165) is 11.3 Å². The number of nitrogens with zero attached hydrogens (tertiary/aromatic N) is 2. The molecule has 0 aliphatic carbocycles. The molecule has 0 atom stereocenters. The lowest BCUT2D eigenvalue weighted by atomic mass is 10.1. The Bertz CT molecular complexity index is 339. The van der Waals surface area contributed by atoms with Crippen molar-refractivity contribution in [3.05, 3.63) is 30.0 Å². The fourth-order valence-electron chi connectivity index (χ4n) is 1.04. The lowest BCUT2D eigenvalue weighted by molar-refractivity contribution is 0.450. The summed E-state index contributed by atoms with van der Waals surface area (Å²) in [6.07, 6.45) is 0. The third-order valence-corrected chi connectivity index (χ3v) is 1.56. The fourth-order valence-corrected chi connectivity index (χ4v) is 1.04.